The molecule has 1 nitrogen and oxygen atoms in total. The van der Waals surface area contributed by atoms with E-state index in [0.29, 0.717) is 0 Å². The standard InChI is InChI=1S/C24H16BrNS/c25-19-11-5-9-17-18-10-6-14-22(24(18)27-23(17)19)26-20-12-3-1-7-15(20)16-8-2-4-13-21(16)26/h1-5,7-13H,6,14H2. The van der Waals surface area contributed by atoms with E-state index in [2.05, 4.69) is 93.3 Å². The fraction of sp³-hybridized carbons (Fsp3) is 0.0833. The molecule has 0 aliphatic heterocycles. The van der Waals surface area contributed by atoms with Crippen LogP contribution in [0.4, 0.5) is 0 Å². The smallest absolute Gasteiger partial charge is 0.0551 e. The van der Waals surface area contributed by atoms with Gasteiger partial charge in [-0.3, -0.25) is 0 Å². The van der Waals surface area contributed by atoms with Crippen LogP contribution < -0.4 is 9.75 Å². The lowest BCUT2D eigenvalue weighted by Gasteiger charge is -2.14. The molecule has 0 amide bonds. The minimum absolute atomic E-state index is 1.07. The molecule has 0 bridgehead atoms. The number of thiophene rings is 1. The largest absolute Gasteiger partial charge is 0.312 e. The average Bonchev–Trinajstić information content (AvgIpc) is 3.25. The lowest BCUT2D eigenvalue weighted by molar-refractivity contribution is 0.998. The second-order valence-electron chi connectivity index (χ2n) is 7.02. The first-order valence-corrected chi connectivity index (χ1v) is 10.8. The van der Waals surface area contributed by atoms with Crippen molar-refractivity contribution in [2.75, 3.05) is 0 Å². The van der Waals surface area contributed by atoms with Crippen molar-refractivity contribution in [3.63, 3.8) is 0 Å². The summed E-state index contributed by atoms with van der Waals surface area (Å²) in [7, 11) is 0. The fourth-order valence-electron chi connectivity index (χ4n) is 4.41. The van der Waals surface area contributed by atoms with Crippen LogP contribution in [0.1, 0.15) is 12.8 Å². The van der Waals surface area contributed by atoms with E-state index in [9.17, 15) is 0 Å². The molecule has 1 aliphatic rings. The van der Waals surface area contributed by atoms with Gasteiger partial charge in [-0.1, -0.05) is 54.6 Å². The van der Waals surface area contributed by atoms with E-state index in [1.807, 2.05) is 11.3 Å². The summed E-state index contributed by atoms with van der Waals surface area (Å²) in [4.78, 5) is 0. The van der Waals surface area contributed by atoms with Gasteiger partial charge in [-0.25, -0.2) is 0 Å². The number of hydrogen-bond acceptors (Lipinski definition) is 1. The van der Waals surface area contributed by atoms with Crippen molar-refractivity contribution in [2.45, 2.75) is 12.8 Å². The summed E-state index contributed by atoms with van der Waals surface area (Å²) in [6.07, 6.45) is 4.57. The Balaban J connectivity index is 1.86. The van der Waals surface area contributed by atoms with E-state index in [1.54, 1.807) is 0 Å². The SMILES string of the molecule is Brc1cccc2c3c(sc12)=C(n1c2ccccc2c2ccccc21)CCC=3. The molecule has 3 heteroatoms. The van der Waals surface area contributed by atoms with Gasteiger partial charge in [-0.2, -0.15) is 0 Å². The van der Waals surface area contributed by atoms with Crippen LogP contribution in [-0.2, 0) is 0 Å². The normalized spacial score (nSPS) is 14.0. The molecule has 1 aliphatic carbocycles. The molecule has 0 spiro atoms. The maximum absolute atomic E-state index is 3.75. The zero-order valence-corrected chi connectivity index (χ0v) is 17.0. The molecular formula is C24H16BrNS. The number of benzene rings is 3. The zero-order valence-electron chi connectivity index (χ0n) is 14.6. The van der Waals surface area contributed by atoms with Gasteiger partial charge >= 0.3 is 0 Å². The van der Waals surface area contributed by atoms with E-state index in [0.717, 1.165) is 12.8 Å². The monoisotopic (exact) mass is 429 g/mol. The molecule has 130 valence electrons. The average molecular weight is 430 g/mol. The van der Waals surface area contributed by atoms with Crippen molar-refractivity contribution in [3.8, 4) is 0 Å². The van der Waals surface area contributed by atoms with Crippen LogP contribution in [-0.4, -0.2) is 4.57 Å². The summed E-state index contributed by atoms with van der Waals surface area (Å²) in [5.41, 5.74) is 4.04. The molecule has 2 aromatic heterocycles. The maximum atomic E-state index is 3.75. The van der Waals surface area contributed by atoms with Gasteiger partial charge in [-0.05, 0) is 52.2 Å². The maximum Gasteiger partial charge on any atom is 0.0551 e. The van der Waals surface area contributed by atoms with Crippen molar-refractivity contribution in [1.29, 1.82) is 0 Å². The summed E-state index contributed by atoms with van der Waals surface area (Å²) in [6.45, 7) is 0. The number of fused-ring (bicyclic) bond motifs is 6. The molecule has 0 atom stereocenters. The van der Waals surface area contributed by atoms with Gasteiger partial charge in [0, 0.05) is 31.0 Å². The van der Waals surface area contributed by atoms with Crippen LogP contribution in [0.2, 0.25) is 0 Å². The summed E-state index contributed by atoms with van der Waals surface area (Å²) >= 11 is 5.67. The highest BCUT2D eigenvalue weighted by atomic mass is 79.9. The van der Waals surface area contributed by atoms with Crippen LogP contribution in [0.5, 0.6) is 0 Å². The minimum Gasteiger partial charge on any atom is -0.312 e. The number of aromatic nitrogens is 1. The van der Waals surface area contributed by atoms with Gasteiger partial charge in [0.25, 0.3) is 0 Å². The molecule has 0 radical (unpaired) electrons. The lowest BCUT2D eigenvalue weighted by atomic mass is 10.1. The lowest BCUT2D eigenvalue weighted by Crippen LogP contribution is -2.27. The third-order valence-electron chi connectivity index (χ3n) is 5.55. The third-order valence-corrected chi connectivity index (χ3v) is 7.77. The van der Waals surface area contributed by atoms with Gasteiger partial charge < -0.3 is 4.57 Å². The Morgan fingerprint density at radius 3 is 2.19 bits per heavy atom. The van der Waals surface area contributed by atoms with Crippen molar-refractivity contribution in [2.24, 2.45) is 0 Å². The molecule has 0 N–H and O–H groups in total. The molecule has 2 heterocycles. The van der Waals surface area contributed by atoms with Crippen molar-refractivity contribution < 1.29 is 0 Å². The number of nitrogens with zero attached hydrogens (tertiary/aromatic N) is 1. The van der Waals surface area contributed by atoms with Gasteiger partial charge in [0.05, 0.1) is 15.6 Å². The summed E-state index contributed by atoms with van der Waals surface area (Å²) in [5, 5.41) is 5.43. The first-order chi connectivity index (χ1) is 13.3. The first-order valence-electron chi connectivity index (χ1n) is 9.22. The number of halogens is 1. The summed E-state index contributed by atoms with van der Waals surface area (Å²) in [5.74, 6) is 0. The second-order valence-corrected chi connectivity index (χ2v) is 8.90. The zero-order chi connectivity index (χ0) is 18.0. The van der Waals surface area contributed by atoms with E-state index < -0.39 is 0 Å². The summed E-state index contributed by atoms with van der Waals surface area (Å²) in [6, 6.07) is 24.1. The predicted octanol–water partition coefficient (Wildman–Crippen LogP) is 6.00. The Kier molecular flexibility index (Phi) is 3.38. The van der Waals surface area contributed by atoms with Gasteiger partial charge in [0.1, 0.15) is 0 Å². The quantitative estimate of drug-likeness (QED) is 0.307. The Morgan fingerprint density at radius 1 is 0.778 bits per heavy atom. The summed E-state index contributed by atoms with van der Waals surface area (Å²) < 4.78 is 6.45. The van der Waals surface area contributed by atoms with Crippen LogP contribution in [0.15, 0.2) is 71.2 Å². The highest BCUT2D eigenvalue weighted by Gasteiger charge is 2.17. The van der Waals surface area contributed by atoms with Crippen molar-refractivity contribution >= 4 is 70.9 Å². The fourth-order valence-corrected chi connectivity index (χ4v) is 6.30. The van der Waals surface area contributed by atoms with Crippen LogP contribution in [0.25, 0.3) is 43.7 Å². The number of rotatable bonds is 1. The van der Waals surface area contributed by atoms with E-state index in [4.69, 9.17) is 0 Å². The Labute approximate surface area is 169 Å². The van der Waals surface area contributed by atoms with E-state index in [-0.39, 0.29) is 0 Å². The van der Waals surface area contributed by atoms with Gasteiger partial charge in [-0.15, -0.1) is 11.3 Å². The molecular weight excluding hydrogens is 414 g/mol. The van der Waals surface area contributed by atoms with Crippen molar-refractivity contribution in [3.05, 3.63) is 81.0 Å². The first kappa shape index (κ1) is 15.7. The molecule has 0 saturated carbocycles. The molecule has 3 aromatic carbocycles. The predicted molar refractivity (Wildman–Crippen MR) is 121 cm³/mol. The van der Waals surface area contributed by atoms with E-state index in [1.165, 1.54) is 51.8 Å². The molecule has 5 aromatic rings. The molecule has 0 unspecified atom stereocenters. The second kappa shape index (κ2) is 5.82. The van der Waals surface area contributed by atoms with Crippen molar-refractivity contribution in [1.82, 2.24) is 4.57 Å². The number of para-hydroxylation sites is 2. The van der Waals surface area contributed by atoms with Gasteiger partial charge in [0.2, 0.25) is 0 Å². The van der Waals surface area contributed by atoms with Crippen LogP contribution >= 0.6 is 27.3 Å². The Hall–Kier alpha value is -2.36. The Bertz CT molecular complexity index is 1430. The van der Waals surface area contributed by atoms with Crippen LogP contribution in [0, 0.1) is 0 Å². The van der Waals surface area contributed by atoms with E-state index >= 15 is 0 Å². The molecule has 0 fully saturated rings. The molecule has 27 heavy (non-hydrogen) atoms. The minimum atomic E-state index is 1.07. The molecule has 6 rings (SSSR count). The Morgan fingerprint density at radius 2 is 1.44 bits per heavy atom. The highest BCUT2D eigenvalue weighted by molar-refractivity contribution is 9.10. The van der Waals surface area contributed by atoms with Crippen LogP contribution in [0.3, 0.4) is 0 Å². The molecule has 0 saturated heterocycles. The topological polar surface area (TPSA) is 4.93 Å². The van der Waals surface area contributed by atoms with Gasteiger partial charge in [0.15, 0.2) is 0 Å². The third kappa shape index (κ3) is 2.16. The number of hydrogen-bond donors (Lipinski definition) is 0. The highest BCUT2D eigenvalue weighted by Crippen LogP contribution is 2.33.